The van der Waals surface area contributed by atoms with E-state index in [4.69, 9.17) is 13.9 Å². The van der Waals surface area contributed by atoms with Crippen LogP contribution in [-0.4, -0.2) is 11.4 Å². The maximum atomic E-state index is 9.54. The van der Waals surface area contributed by atoms with Crippen LogP contribution in [0.1, 0.15) is 5.56 Å². The third kappa shape index (κ3) is 3.51. The zero-order valence-electron chi connectivity index (χ0n) is 22.9. The summed E-state index contributed by atoms with van der Waals surface area (Å²) < 4.78 is 20.7. The first-order valence-electron chi connectivity index (χ1n) is 14.2. The third-order valence-corrected chi connectivity index (χ3v) is 8.44. The van der Waals surface area contributed by atoms with Gasteiger partial charge in [-0.05, 0) is 77.9 Å². The van der Waals surface area contributed by atoms with E-state index in [9.17, 15) is 5.26 Å². The van der Waals surface area contributed by atoms with Gasteiger partial charge in [-0.15, -0.1) is 0 Å². The number of nitriles is 1. The van der Waals surface area contributed by atoms with Crippen LogP contribution >= 0.6 is 0 Å². The quantitative estimate of drug-likeness (QED) is 0.213. The Bertz CT molecular complexity index is 2460. The highest BCUT2D eigenvalue weighted by Gasteiger charge is 2.21. The first kappa shape index (κ1) is 23.7. The van der Waals surface area contributed by atoms with E-state index in [-0.39, 0.29) is 6.79 Å². The van der Waals surface area contributed by atoms with Crippen LogP contribution in [0.2, 0.25) is 0 Å². The third-order valence-electron chi connectivity index (χ3n) is 8.44. The monoisotopic (exact) mass is 554 g/mol. The van der Waals surface area contributed by atoms with Crippen LogP contribution in [0.3, 0.4) is 0 Å². The molecule has 1 aliphatic heterocycles. The molecule has 0 atom stereocenters. The van der Waals surface area contributed by atoms with Gasteiger partial charge in [0.2, 0.25) is 6.79 Å². The number of furan rings is 1. The molecule has 0 N–H and O–H groups in total. The highest BCUT2D eigenvalue weighted by atomic mass is 16.7. The van der Waals surface area contributed by atoms with Crippen LogP contribution in [0.25, 0.3) is 71.7 Å². The molecule has 0 radical (unpaired) electrons. The number of ether oxygens (including phenoxy) is 2. The van der Waals surface area contributed by atoms with Crippen LogP contribution in [0.15, 0.2) is 126 Å². The molecule has 202 valence electrons. The summed E-state index contributed by atoms with van der Waals surface area (Å²) in [4.78, 5) is 0. The van der Waals surface area contributed by atoms with Gasteiger partial charge < -0.3 is 18.5 Å². The smallest absolute Gasteiger partial charge is 0.230 e. The van der Waals surface area contributed by atoms with E-state index in [1.54, 1.807) is 0 Å². The Kier molecular flexibility index (Phi) is 4.96. The summed E-state index contributed by atoms with van der Waals surface area (Å²) in [6.07, 6.45) is 0. The van der Waals surface area contributed by atoms with E-state index in [1.807, 2.05) is 66.7 Å². The van der Waals surface area contributed by atoms with Crippen molar-refractivity contribution in [3.8, 4) is 45.5 Å². The molecule has 0 unspecified atom stereocenters. The first-order valence-corrected chi connectivity index (χ1v) is 14.2. The molecule has 1 aliphatic rings. The van der Waals surface area contributed by atoms with Gasteiger partial charge in [0.1, 0.15) is 22.7 Å². The van der Waals surface area contributed by atoms with Crippen molar-refractivity contribution in [1.29, 1.82) is 5.26 Å². The number of para-hydroxylation sites is 2. The molecule has 0 fully saturated rings. The molecule has 0 aliphatic carbocycles. The van der Waals surface area contributed by atoms with Crippen molar-refractivity contribution in [2.75, 3.05) is 6.79 Å². The molecule has 5 heteroatoms. The fraction of sp³-hybridized carbons (Fsp3) is 0.0263. The Morgan fingerprint density at radius 1 is 0.581 bits per heavy atom. The average Bonchev–Trinajstić information content (AvgIpc) is 3.54. The Labute approximate surface area is 246 Å². The molecule has 8 aromatic rings. The van der Waals surface area contributed by atoms with Gasteiger partial charge in [-0.25, -0.2) is 0 Å². The molecule has 0 amide bonds. The minimum Gasteiger partial charge on any atom is -0.457 e. The maximum absolute atomic E-state index is 9.54. The Morgan fingerprint density at radius 2 is 1.40 bits per heavy atom. The lowest BCUT2D eigenvalue weighted by atomic mass is 9.95. The summed E-state index contributed by atoms with van der Waals surface area (Å²) in [5.41, 5.74) is 9.58. The normalized spacial score (nSPS) is 12.4. The first-order chi connectivity index (χ1) is 21.3. The Morgan fingerprint density at radius 3 is 2.33 bits per heavy atom. The second kappa shape index (κ2) is 9.01. The van der Waals surface area contributed by atoms with Gasteiger partial charge in [-0.1, -0.05) is 54.6 Å². The fourth-order valence-electron chi connectivity index (χ4n) is 6.52. The Balaban J connectivity index is 1.23. The van der Waals surface area contributed by atoms with Crippen LogP contribution in [0.5, 0.6) is 11.5 Å². The van der Waals surface area contributed by atoms with Gasteiger partial charge in [0.25, 0.3) is 0 Å². The van der Waals surface area contributed by atoms with Crippen molar-refractivity contribution in [2.45, 2.75) is 0 Å². The van der Waals surface area contributed by atoms with Crippen molar-refractivity contribution < 1.29 is 13.9 Å². The average molecular weight is 555 g/mol. The van der Waals surface area contributed by atoms with Gasteiger partial charge in [-0.3, -0.25) is 0 Å². The maximum Gasteiger partial charge on any atom is 0.230 e. The number of aromatic nitrogens is 1. The van der Waals surface area contributed by atoms with E-state index in [2.05, 4.69) is 65.2 Å². The van der Waals surface area contributed by atoms with Gasteiger partial charge in [0.15, 0.2) is 0 Å². The minimum atomic E-state index is 0.119. The van der Waals surface area contributed by atoms with Gasteiger partial charge in [0, 0.05) is 38.4 Å². The standard InChI is InChI=1S/C38H22N2O3/c39-21-23-12-16-33-30(18-23)27-6-1-3-9-32(27)40(33)25-14-17-34-31(20-25)28-15-13-24(19-37(28)42-22-41-34)26-8-5-11-36-38(26)29-7-2-4-10-35(29)43-36/h1-20H,22H2. The molecule has 5 nitrogen and oxygen atoms in total. The van der Waals surface area contributed by atoms with Crippen molar-refractivity contribution in [3.05, 3.63) is 127 Å². The van der Waals surface area contributed by atoms with E-state index in [1.165, 1.54) is 0 Å². The van der Waals surface area contributed by atoms with Gasteiger partial charge in [-0.2, -0.15) is 5.26 Å². The molecular weight excluding hydrogens is 532 g/mol. The molecule has 9 rings (SSSR count). The van der Waals surface area contributed by atoms with E-state index >= 15 is 0 Å². The molecular formula is C38H22N2O3. The summed E-state index contributed by atoms with van der Waals surface area (Å²) in [7, 11) is 0. The Hall–Kier alpha value is -5.99. The summed E-state index contributed by atoms with van der Waals surface area (Å²) in [5.74, 6) is 1.53. The van der Waals surface area contributed by atoms with Crippen LogP contribution in [0, 0.1) is 11.3 Å². The number of nitrogens with zero attached hydrogens (tertiary/aromatic N) is 2. The SMILES string of the molecule is N#Cc1ccc2c(c1)c1ccccc1n2-c1ccc2c(c1)-c1ccc(-c3cccc4oc5ccccc5c34)cc1OCO2. The zero-order chi connectivity index (χ0) is 28.5. The highest BCUT2D eigenvalue weighted by molar-refractivity contribution is 6.13. The number of fused-ring (bicyclic) bond motifs is 9. The highest BCUT2D eigenvalue weighted by Crippen LogP contribution is 2.44. The van der Waals surface area contributed by atoms with Crippen LogP contribution < -0.4 is 9.47 Å². The molecule has 0 saturated carbocycles. The van der Waals surface area contributed by atoms with E-state index < -0.39 is 0 Å². The lowest BCUT2D eigenvalue weighted by Gasteiger charge is -2.13. The summed E-state index contributed by atoms with van der Waals surface area (Å²) in [6.45, 7) is 0.119. The minimum absolute atomic E-state index is 0.119. The zero-order valence-corrected chi connectivity index (χ0v) is 22.9. The molecule has 0 spiro atoms. The van der Waals surface area contributed by atoms with Gasteiger partial charge >= 0.3 is 0 Å². The lowest BCUT2D eigenvalue weighted by molar-refractivity contribution is 0.125. The van der Waals surface area contributed by atoms with Crippen molar-refractivity contribution in [1.82, 2.24) is 4.57 Å². The number of rotatable bonds is 2. The predicted molar refractivity (Wildman–Crippen MR) is 170 cm³/mol. The number of benzene rings is 6. The largest absolute Gasteiger partial charge is 0.457 e. The molecule has 2 aromatic heterocycles. The molecule has 6 aromatic carbocycles. The summed E-state index contributed by atoms with van der Waals surface area (Å²) in [5, 5.41) is 13.9. The van der Waals surface area contributed by atoms with Crippen LogP contribution in [0.4, 0.5) is 0 Å². The second-order valence-corrected chi connectivity index (χ2v) is 10.8. The van der Waals surface area contributed by atoms with Crippen LogP contribution in [-0.2, 0) is 0 Å². The summed E-state index contributed by atoms with van der Waals surface area (Å²) >= 11 is 0. The fourth-order valence-corrected chi connectivity index (χ4v) is 6.52. The molecule has 0 saturated heterocycles. The van der Waals surface area contributed by atoms with E-state index in [0.29, 0.717) is 5.56 Å². The predicted octanol–water partition coefficient (Wildman–Crippen LogP) is 9.62. The van der Waals surface area contributed by atoms with Crippen molar-refractivity contribution in [3.63, 3.8) is 0 Å². The molecule has 43 heavy (non-hydrogen) atoms. The second-order valence-electron chi connectivity index (χ2n) is 10.8. The topological polar surface area (TPSA) is 60.3 Å². The van der Waals surface area contributed by atoms with Gasteiger partial charge in [0.05, 0.1) is 22.7 Å². The lowest BCUT2D eigenvalue weighted by Crippen LogP contribution is -2.03. The summed E-state index contributed by atoms with van der Waals surface area (Å²) in [6, 6.07) is 43.4. The van der Waals surface area contributed by atoms with Crippen molar-refractivity contribution >= 4 is 43.7 Å². The van der Waals surface area contributed by atoms with E-state index in [0.717, 1.165) is 83.2 Å². The molecule has 0 bridgehead atoms. The van der Waals surface area contributed by atoms with Crippen molar-refractivity contribution in [2.24, 2.45) is 0 Å². The molecule has 3 heterocycles. The number of hydrogen-bond acceptors (Lipinski definition) is 4. The number of hydrogen-bond donors (Lipinski definition) is 0.